The number of rotatable bonds is 10. The van der Waals surface area contributed by atoms with E-state index in [1.54, 1.807) is 18.2 Å². The number of halogens is 2. The lowest BCUT2D eigenvalue weighted by Crippen LogP contribution is -2.51. The Labute approximate surface area is 249 Å². The minimum atomic E-state index is -0.292. The minimum Gasteiger partial charge on any atom is -0.350 e. The molecule has 40 heavy (non-hydrogen) atoms. The van der Waals surface area contributed by atoms with E-state index in [2.05, 4.69) is 65.5 Å². The number of likely N-dealkylation sites (tertiary alicyclic amines) is 1. The fraction of sp³-hybridized carbons (Fsp3) is 0.562. The number of carbonyl (C=O) groups is 2. The fourth-order valence-electron chi connectivity index (χ4n) is 6.37. The van der Waals surface area contributed by atoms with Gasteiger partial charge in [-0.25, -0.2) is 0 Å². The Hall–Kier alpha value is -2.12. The zero-order chi connectivity index (χ0) is 28.6. The summed E-state index contributed by atoms with van der Waals surface area (Å²) in [6.07, 6.45) is 3.74. The Morgan fingerprint density at radius 1 is 1.07 bits per heavy atom. The van der Waals surface area contributed by atoms with Gasteiger partial charge in [0.05, 0.1) is 21.7 Å². The Morgan fingerprint density at radius 2 is 1.80 bits per heavy atom. The number of hydrogen-bond donors (Lipinski definition) is 2. The van der Waals surface area contributed by atoms with Crippen LogP contribution in [-0.2, 0) is 4.79 Å². The molecular formula is C32H44Cl2N4O2. The molecule has 3 unspecified atom stereocenters. The van der Waals surface area contributed by atoms with E-state index >= 15 is 0 Å². The summed E-state index contributed by atoms with van der Waals surface area (Å²) in [4.78, 5) is 31.4. The smallest absolute Gasteiger partial charge is 0.252 e. The highest BCUT2D eigenvalue weighted by Gasteiger charge is 2.33. The van der Waals surface area contributed by atoms with Gasteiger partial charge in [-0.05, 0) is 55.2 Å². The van der Waals surface area contributed by atoms with E-state index in [1.165, 1.54) is 12.0 Å². The van der Waals surface area contributed by atoms with Crippen molar-refractivity contribution in [3.63, 3.8) is 0 Å². The highest BCUT2D eigenvalue weighted by atomic mass is 35.5. The summed E-state index contributed by atoms with van der Waals surface area (Å²) in [6, 6.07) is 15.2. The molecule has 2 fully saturated rings. The van der Waals surface area contributed by atoms with Gasteiger partial charge in [-0.2, -0.15) is 0 Å². The molecule has 2 aromatic carbocycles. The predicted octanol–water partition coefficient (Wildman–Crippen LogP) is 5.84. The van der Waals surface area contributed by atoms with E-state index in [9.17, 15) is 9.59 Å². The van der Waals surface area contributed by atoms with Gasteiger partial charge in [0, 0.05) is 51.2 Å². The van der Waals surface area contributed by atoms with Gasteiger partial charge < -0.3 is 20.4 Å². The minimum absolute atomic E-state index is 0.0307. The van der Waals surface area contributed by atoms with Crippen molar-refractivity contribution >= 4 is 35.0 Å². The topological polar surface area (TPSA) is 64.7 Å². The molecule has 4 rings (SSSR count). The number of nitrogens with one attached hydrogen (secondary N) is 2. The second kappa shape index (κ2) is 14.7. The molecule has 0 radical (unpaired) electrons. The molecule has 0 aromatic heterocycles. The van der Waals surface area contributed by atoms with E-state index in [1.807, 2.05) is 6.07 Å². The number of benzene rings is 2. The SMILES string of the molecule is CCC(CN1CC[C@@H](CNC(=O)c2cccc(Cl)c2Cl)N[C@@H](CCN2CC(C)CC(C)C2)C1=O)c1ccccc1. The summed E-state index contributed by atoms with van der Waals surface area (Å²) in [5.74, 6) is 1.55. The zero-order valence-electron chi connectivity index (χ0n) is 24.0. The number of amides is 2. The summed E-state index contributed by atoms with van der Waals surface area (Å²) < 4.78 is 0. The molecule has 5 atom stereocenters. The van der Waals surface area contributed by atoms with Crippen molar-refractivity contribution in [2.75, 3.05) is 39.3 Å². The van der Waals surface area contributed by atoms with E-state index in [4.69, 9.17) is 23.2 Å². The first-order chi connectivity index (χ1) is 19.2. The number of carbonyl (C=O) groups excluding carboxylic acids is 2. The summed E-state index contributed by atoms with van der Waals surface area (Å²) in [5, 5.41) is 7.27. The van der Waals surface area contributed by atoms with Gasteiger partial charge in [0.1, 0.15) is 0 Å². The van der Waals surface area contributed by atoms with Crippen LogP contribution in [0.3, 0.4) is 0 Å². The Bertz CT molecular complexity index is 1120. The van der Waals surface area contributed by atoms with E-state index in [-0.39, 0.29) is 34.8 Å². The average Bonchev–Trinajstić information content (AvgIpc) is 3.08. The van der Waals surface area contributed by atoms with Gasteiger partial charge in [0.2, 0.25) is 5.91 Å². The molecule has 2 heterocycles. The first-order valence-corrected chi connectivity index (χ1v) is 15.5. The molecule has 2 aliphatic heterocycles. The highest BCUT2D eigenvalue weighted by molar-refractivity contribution is 6.43. The second-order valence-electron chi connectivity index (χ2n) is 11.8. The average molecular weight is 588 g/mol. The molecule has 0 spiro atoms. The van der Waals surface area contributed by atoms with E-state index in [0.29, 0.717) is 42.1 Å². The summed E-state index contributed by atoms with van der Waals surface area (Å²) in [7, 11) is 0. The molecule has 2 saturated heterocycles. The van der Waals surface area contributed by atoms with E-state index < -0.39 is 0 Å². The maximum Gasteiger partial charge on any atom is 0.252 e. The molecule has 0 saturated carbocycles. The molecule has 2 amide bonds. The highest BCUT2D eigenvalue weighted by Crippen LogP contribution is 2.26. The molecule has 2 aromatic rings. The lowest BCUT2D eigenvalue weighted by atomic mass is 9.91. The van der Waals surface area contributed by atoms with Crippen molar-refractivity contribution < 1.29 is 9.59 Å². The normalized spacial score (nSPS) is 24.9. The number of nitrogens with zero attached hydrogens (tertiary/aromatic N) is 2. The van der Waals surface area contributed by atoms with Crippen LogP contribution in [-0.4, -0.2) is 73.0 Å². The monoisotopic (exact) mass is 586 g/mol. The standard InChI is InChI=1S/C32H44Cl2N4O2/c1-4-24(25-9-6-5-7-10-25)21-38-16-13-26(18-35-31(39)27-11-8-12-28(33)30(27)34)36-29(32(38)40)14-15-37-19-22(2)17-23(3)20-37/h5-12,22-24,26,29,36H,4,13-21H2,1-3H3,(H,35,39)/t22?,23?,24?,26-,29-/m0/s1. The van der Waals surface area contributed by atoms with Crippen molar-refractivity contribution in [1.82, 2.24) is 20.4 Å². The zero-order valence-corrected chi connectivity index (χ0v) is 25.6. The quantitative estimate of drug-likeness (QED) is 0.367. The van der Waals surface area contributed by atoms with Crippen LogP contribution in [0.5, 0.6) is 0 Å². The van der Waals surface area contributed by atoms with Crippen molar-refractivity contribution in [3.05, 3.63) is 69.7 Å². The second-order valence-corrected chi connectivity index (χ2v) is 12.6. The van der Waals surface area contributed by atoms with Crippen LogP contribution in [0.1, 0.15) is 68.3 Å². The van der Waals surface area contributed by atoms with Crippen molar-refractivity contribution in [1.29, 1.82) is 0 Å². The van der Waals surface area contributed by atoms with Crippen LogP contribution in [0.2, 0.25) is 10.0 Å². The van der Waals surface area contributed by atoms with E-state index in [0.717, 1.165) is 38.9 Å². The lowest BCUT2D eigenvalue weighted by molar-refractivity contribution is -0.133. The molecule has 218 valence electrons. The number of piperidine rings is 1. The predicted molar refractivity (Wildman–Crippen MR) is 164 cm³/mol. The third-order valence-electron chi connectivity index (χ3n) is 8.38. The van der Waals surface area contributed by atoms with Gasteiger partial charge in [-0.3, -0.25) is 9.59 Å². The summed E-state index contributed by atoms with van der Waals surface area (Å²) in [6.45, 7) is 11.6. The van der Waals surface area contributed by atoms with Crippen molar-refractivity contribution in [2.45, 2.75) is 64.5 Å². The number of hydrogen-bond acceptors (Lipinski definition) is 4. The molecule has 0 aliphatic carbocycles. The van der Waals surface area contributed by atoms with Crippen LogP contribution >= 0.6 is 23.2 Å². The summed E-state index contributed by atoms with van der Waals surface area (Å²) in [5.41, 5.74) is 1.63. The summed E-state index contributed by atoms with van der Waals surface area (Å²) >= 11 is 12.4. The van der Waals surface area contributed by atoms with Gasteiger partial charge in [0.15, 0.2) is 0 Å². The van der Waals surface area contributed by atoms with Gasteiger partial charge in [0.25, 0.3) is 5.91 Å². The first kappa shape index (κ1) is 30.8. The largest absolute Gasteiger partial charge is 0.350 e. The Kier molecular flexibility index (Phi) is 11.3. The third-order valence-corrected chi connectivity index (χ3v) is 9.20. The molecule has 2 aliphatic rings. The first-order valence-electron chi connectivity index (χ1n) is 14.8. The van der Waals surface area contributed by atoms with Crippen LogP contribution in [0, 0.1) is 11.8 Å². The lowest BCUT2D eigenvalue weighted by Gasteiger charge is -2.36. The molecule has 2 N–H and O–H groups in total. The molecule has 6 nitrogen and oxygen atoms in total. The molecule has 8 heteroatoms. The van der Waals surface area contributed by atoms with Crippen molar-refractivity contribution in [3.8, 4) is 0 Å². The van der Waals surface area contributed by atoms with Gasteiger partial charge in [-0.15, -0.1) is 0 Å². The third kappa shape index (κ3) is 8.22. The van der Waals surface area contributed by atoms with Crippen LogP contribution < -0.4 is 10.6 Å². The van der Waals surface area contributed by atoms with Crippen LogP contribution in [0.25, 0.3) is 0 Å². The van der Waals surface area contributed by atoms with Crippen LogP contribution in [0.15, 0.2) is 48.5 Å². The van der Waals surface area contributed by atoms with Gasteiger partial charge in [-0.1, -0.05) is 80.4 Å². The fourth-order valence-corrected chi connectivity index (χ4v) is 6.75. The maximum atomic E-state index is 13.9. The van der Waals surface area contributed by atoms with Crippen LogP contribution in [0.4, 0.5) is 0 Å². The maximum absolute atomic E-state index is 13.9. The Balaban J connectivity index is 1.45. The molecule has 0 bridgehead atoms. The Morgan fingerprint density at radius 3 is 2.50 bits per heavy atom. The van der Waals surface area contributed by atoms with Gasteiger partial charge >= 0.3 is 0 Å². The van der Waals surface area contributed by atoms with Crippen molar-refractivity contribution in [2.24, 2.45) is 11.8 Å². The molecular weight excluding hydrogens is 543 g/mol.